The first-order valence-electron chi connectivity index (χ1n) is 4.36. The van der Waals surface area contributed by atoms with E-state index in [2.05, 4.69) is 14.5 Å². The van der Waals surface area contributed by atoms with Crippen LogP contribution in [0.25, 0.3) is 0 Å². The number of carbonyl (C=O) groups excluding carboxylic acids is 1. The molecule has 0 spiro atoms. The lowest BCUT2D eigenvalue weighted by molar-refractivity contribution is -0.274. The maximum absolute atomic E-state index is 12.5. The van der Waals surface area contributed by atoms with Gasteiger partial charge in [-0.15, -0.1) is 13.2 Å². The van der Waals surface area contributed by atoms with Gasteiger partial charge in [-0.3, -0.25) is 4.79 Å². The third-order valence-corrected chi connectivity index (χ3v) is 1.82. The predicted octanol–water partition coefficient (Wildman–Crippen LogP) is 2.74. The van der Waals surface area contributed by atoms with Crippen molar-refractivity contribution in [1.29, 1.82) is 0 Å². The number of methoxy groups -OCH3 is 1. The van der Waals surface area contributed by atoms with Gasteiger partial charge in [0, 0.05) is 0 Å². The number of aromatic nitrogens is 1. The minimum atomic E-state index is -5.07. The summed E-state index contributed by atoms with van der Waals surface area (Å²) in [5.74, 6) is -1.75. The molecule has 0 atom stereocenters. The Labute approximate surface area is 97.3 Å². The molecule has 0 fully saturated rings. The summed E-state index contributed by atoms with van der Waals surface area (Å²) >= 11 is 0. The van der Waals surface area contributed by atoms with Crippen LogP contribution in [0.4, 0.5) is 22.0 Å². The molecule has 0 aliphatic carbocycles. The lowest BCUT2D eigenvalue weighted by atomic mass is 10.2. The van der Waals surface area contributed by atoms with Crippen molar-refractivity contribution >= 4 is 6.29 Å². The average Bonchev–Trinajstić information content (AvgIpc) is 2.25. The molecule has 0 radical (unpaired) electrons. The number of halogens is 5. The zero-order valence-corrected chi connectivity index (χ0v) is 8.79. The second-order valence-corrected chi connectivity index (χ2v) is 2.92. The first-order valence-corrected chi connectivity index (χ1v) is 4.36. The first-order chi connectivity index (χ1) is 8.30. The highest BCUT2D eigenvalue weighted by Crippen LogP contribution is 2.36. The fraction of sp³-hybridized carbons (Fsp3) is 0.333. The highest BCUT2D eigenvalue weighted by molar-refractivity contribution is 5.84. The van der Waals surface area contributed by atoms with Crippen molar-refractivity contribution in [2.24, 2.45) is 0 Å². The number of carbonyl (C=O) groups is 1. The summed E-state index contributed by atoms with van der Waals surface area (Å²) in [7, 11) is 0.924. The number of alkyl halides is 5. The van der Waals surface area contributed by atoms with Crippen LogP contribution < -0.4 is 9.47 Å². The number of rotatable bonds is 4. The molecular formula is C9H6F5NO3. The first kappa shape index (κ1) is 14.1. The highest BCUT2D eigenvalue weighted by Gasteiger charge is 2.34. The summed E-state index contributed by atoms with van der Waals surface area (Å²) in [6, 6.07) is 0. The molecule has 18 heavy (non-hydrogen) atoms. The molecule has 4 nitrogen and oxygen atoms in total. The molecule has 0 bridgehead atoms. The van der Waals surface area contributed by atoms with Crippen LogP contribution >= 0.6 is 0 Å². The average molecular weight is 271 g/mol. The lowest BCUT2D eigenvalue weighted by Crippen LogP contribution is -2.19. The van der Waals surface area contributed by atoms with Crippen molar-refractivity contribution in [3.8, 4) is 11.5 Å². The van der Waals surface area contributed by atoms with Crippen LogP contribution in [0.1, 0.15) is 22.5 Å². The summed E-state index contributed by atoms with van der Waals surface area (Å²) in [4.78, 5) is 13.8. The van der Waals surface area contributed by atoms with E-state index < -0.39 is 35.5 Å². The summed E-state index contributed by atoms with van der Waals surface area (Å²) < 4.78 is 68.9. The molecule has 0 saturated heterocycles. The van der Waals surface area contributed by atoms with E-state index >= 15 is 0 Å². The van der Waals surface area contributed by atoms with Gasteiger partial charge in [-0.2, -0.15) is 0 Å². The zero-order valence-electron chi connectivity index (χ0n) is 8.79. The Kier molecular flexibility index (Phi) is 4.04. The van der Waals surface area contributed by atoms with Crippen molar-refractivity contribution in [2.75, 3.05) is 7.11 Å². The van der Waals surface area contributed by atoms with Gasteiger partial charge in [-0.1, -0.05) is 0 Å². The van der Waals surface area contributed by atoms with Crippen LogP contribution in [0.5, 0.6) is 11.5 Å². The summed E-state index contributed by atoms with van der Waals surface area (Å²) in [6.45, 7) is 0. The van der Waals surface area contributed by atoms with E-state index in [1.807, 2.05) is 0 Å². The largest absolute Gasteiger partial charge is 0.573 e. The molecule has 1 aromatic heterocycles. The molecule has 0 aromatic carbocycles. The molecule has 0 unspecified atom stereocenters. The van der Waals surface area contributed by atoms with E-state index in [1.54, 1.807) is 0 Å². The summed E-state index contributed by atoms with van der Waals surface area (Å²) in [5.41, 5.74) is -1.71. The van der Waals surface area contributed by atoms with Crippen LogP contribution in [-0.2, 0) is 0 Å². The monoisotopic (exact) mass is 271 g/mol. The Bertz CT molecular complexity index is 447. The molecule has 1 heterocycles. The number of pyridine rings is 1. The van der Waals surface area contributed by atoms with E-state index in [1.165, 1.54) is 0 Å². The van der Waals surface area contributed by atoms with E-state index in [4.69, 9.17) is 0 Å². The van der Waals surface area contributed by atoms with Crippen molar-refractivity contribution in [2.45, 2.75) is 12.8 Å². The Morgan fingerprint density at radius 2 is 2.00 bits per heavy atom. The van der Waals surface area contributed by atoms with Gasteiger partial charge in [-0.05, 0) is 0 Å². The quantitative estimate of drug-likeness (QED) is 0.624. The minimum absolute atomic E-state index is 0.0759. The number of hydrogen-bond donors (Lipinski definition) is 0. The Morgan fingerprint density at radius 3 is 2.39 bits per heavy atom. The molecular weight excluding hydrogens is 265 g/mol. The Hall–Kier alpha value is -1.93. The van der Waals surface area contributed by atoms with Crippen LogP contribution in [0.2, 0.25) is 0 Å². The van der Waals surface area contributed by atoms with Crippen molar-refractivity contribution < 1.29 is 36.2 Å². The second kappa shape index (κ2) is 5.15. The molecule has 100 valence electrons. The lowest BCUT2D eigenvalue weighted by Gasteiger charge is -2.14. The highest BCUT2D eigenvalue weighted by atomic mass is 19.4. The molecule has 0 amide bonds. The maximum atomic E-state index is 12.5. The molecule has 0 N–H and O–H groups in total. The summed E-state index contributed by atoms with van der Waals surface area (Å²) in [5, 5.41) is 0. The van der Waals surface area contributed by atoms with Crippen LogP contribution in [0.3, 0.4) is 0 Å². The van der Waals surface area contributed by atoms with Gasteiger partial charge in [0.15, 0.2) is 17.8 Å². The number of hydrogen-bond acceptors (Lipinski definition) is 4. The van der Waals surface area contributed by atoms with Crippen LogP contribution in [-0.4, -0.2) is 24.7 Å². The maximum Gasteiger partial charge on any atom is 0.573 e. The number of aldehydes is 1. The molecule has 0 aliphatic heterocycles. The van der Waals surface area contributed by atoms with Crippen molar-refractivity contribution in [1.82, 2.24) is 4.98 Å². The standard InChI is InChI=1S/C9H6F5NO3/c1-17-7-4(3-16)5(18-9(12,13)14)2-15-6(7)8(10)11/h2-3,8H,1H3. The number of ether oxygens (including phenoxy) is 2. The molecule has 9 heteroatoms. The fourth-order valence-corrected chi connectivity index (χ4v) is 1.19. The Morgan fingerprint density at radius 1 is 1.39 bits per heavy atom. The molecule has 0 aliphatic rings. The van der Waals surface area contributed by atoms with Crippen LogP contribution in [0, 0.1) is 0 Å². The smallest absolute Gasteiger partial charge is 0.494 e. The topological polar surface area (TPSA) is 48.4 Å². The SMILES string of the molecule is COc1c(C(F)F)ncc(OC(F)(F)F)c1C=O. The van der Waals surface area contributed by atoms with Gasteiger partial charge in [0.1, 0.15) is 11.3 Å². The van der Waals surface area contributed by atoms with Gasteiger partial charge in [0.05, 0.1) is 13.3 Å². The predicted molar refractivity (Wildman–Crippen MR) is 47.8 cm³/mol. The molecule has 1 aromatic rings. The van der Waals surface area contributed by atoms with Crippen LogP contribution in [0.15, 0.2) is 6.20 Å². The minimum Gasteiger partial charge on any atom is -0.494 e. The molecule has 0 saturated carbocycles. The van der Waals surface area contributed by atoms with Gasteiger partial charge >= 0.3 is 6.36 Å². The fourth-order valence-electron chi connectivity index (χ4n) is 1.19. The zero-order chi connectivity index (χ0) is 13.9. The van der Waals surface area contributed by atoms with Gasteiger partial charge in [-0.25, -0.2) is 13.8 Å². The van der Waals surface area contributed by atoms with E-state index in [0.29, 0.717) is 6.20 Å². The molecule has 1 rings (SSSR count). The van der Waals surface area contributed by atoms with Crippen molar-refractivity contribution in [3.63, 3.8) is 0 Å². The van der Waals surface area contributed by atoms with Gasteiger partial charge in [0.25, 0.3) is 6.43 Å². The van der Waals surface area contributed by atoms with E-state index in [9.17, 15) is 26.7 Å². The van der Waals surface area contributed by atoms with Crippen molar-refractivity contribution in [3.05, 3.63) is 17.5 Å². The third-order valence-electron chi connectivity index (χ3n) is 1.82. The van der Waals surface area contributed by atoms with Gasteiger partial charge in [0.2, 0.25) is 0 Å². The normalized spacial score (nSPS) is 11.5. The summed E-state index contributed by atoms with van der Waals surface area (Å²) in [6.07, 6.45) is -7.86. The van der Waals surface area contributed by atoms with Gasteiger partial charge < -0.3 is 9.47 Å². The third kappa shape index (κ3) is 3.05. The van der Waals surface area contributed by atoms with E-state index in [0.717, 1.165) is 7.11 Å². The Balaban J connectivity index is 3.35. The second-order valence-electron chi connectivity index (χ2n) is 2.92. The van der Waals surface area contributed by atoms with E-state index in [-0.39, 0.29) is 6.29 Å². The number of nitrogens with zero attached hydrogens (tertiary/aromatic N) is 1.